The number of thioether (sulfide) groups is 1. The Balaban J connectivity index is 2.02. The maximum atomic E-state index is 12.8. The van der Waals surface area contributed by atoms with Crippen molar-refractivity contribution in [3.05, 3.63) is 17.0 Å². The van der Waals surface area contributed by atoms with Crippen LogP contribution in [0.25, 0.3) is 0 Å². The Morgan fingerprint density at radius 1 is 1.48 bits per heavy atom. The number of piperidine rings is 1. The van der Waals surface area contributed by atoms with Crippen LogP contribution in [0, 0.1) is 5.92 Å². The van der Waals surface area contributed by atoms with Crippen LogP contribution < -0.4 is 0 Å². The topological polar surface area (TPSA) is 43.8 Å². The fourth-order valence-corrected chi connectivity index (χ4v) is 5.34. The van der Waals surface area contributed by atoms with Crippen LogP contribution in [0.4, 0.5) is 0 Å². The summed E-state index contributed by atoms with van der Waals surface area (Å²) in [5, 5.41) is 9.13. The van der Waals surface area contributed by atoms with E-state index < -0.39 is 0 Å². The van der Waals surface area contributed by atoms with Crippen LogP contribution in [0.15, 0.2) is 16.3 Å². The molecule has 0 unspecified atom stereocenters. The molecular weight excluding hydrogens is 328 g/mol. The second-order valence-corrected chi connectivity index (χ2v) is 8.90. The van der Waals surface area contributed by atoms with Gasteiger partial charge in [0.2, 0.25) is 0 Å². The molecule has 0 spiro atoms. The van der Waals surface area contributed by atoms with Crippen LogP contribution in [0.2, 0.25) is 0 Å². The van der Waals surface area contributed by atoms with Gasteiger partial charge in [-0.15, -0.1) is 23.1 Å². The largest absolute Gasteiger partial charge is 0.396 e. The van der Waals surface area contributed by atoms with Gasteiger partial charge in [-0.2, -0.15) is 0 Å². The minimum absolute atomic E-state index is 0.171. The van der Waals surface area contributed by atoms with Crippen molar-refractivity contribution < 1.29 is 9.90 Å². The molecule has 6 heteroatoms. The Morgan fingerprint density at radius 3 is 2.91 bits per heavy atom. The van der Waals surface area contributed by atoms with Crippen molar-refractivity contribution in [1.29, 1.82) is 0 Å². The van der Waals surface area contributed by atoms with Gasteiger partial charge in [0.25, 0.3) is 5.91 Å². The summed E-state index contributed by atoms with van der Waals surface area (Å²) in [5.41, 5.74) is 0. The van der Waals surface area contributed by atoms with Gasteiger partial charge in [-0.25, -0.2) is 0 Å². The van der Waals surface area contributed by atoms with Gasteiger partial charge in [0.15, 0.2) is 0 Å². The molecule has 1 aliphatic heterocycles. The summed E-state index contributed by atoms with van der Waals surface area (Å²) in [5.74, 6) is 1.65. The summed E-state index contributed by atoms with van der Waals surface area (Å²) in [6, 6.07) is 4.52. The molecule has 0 saturated carbocycles. The minimum atomic E-state index is 0.171. The Labute approximate surface area is 147 Å². The molecule has 130 valence electrons. The first kappa shape index (κ1) is 18.8. The number of hydrogen-bond donors (Lipinski definition) is 1. The van der Waals surface area contributed by atoms with Crippen LogP contribution in [0.3, 0.4) is 0 Å². The Bertz CT molecular complexity index is 505. The number of amides is 1. The summed E-state index contributed by atoms with van der Waals surface area (Å²) in [6.07, 6.45) is 2.80. The van der Waals surface area contributed by atoms with Gasteiger partial charge in [0.05, 0.1) is 9.09 Å². The molecule has 2 atom stereocenters. The maximum Gasteiger partial charge on any atom is 0.263 e. The first-order chi connectivity index (χ1) is 11.1. The van der Waals surface area contributed by atoms with Crippen molar-refractivity contribution in [2.24, 2.45) is 5.92 Å². The van der Waals surface area contributed by atoms with E-state index >= 15 is 0 Å². The molecule has 2 rings (SSSR count). The summed E-state index contributed by atoms with van der Waals surface area (Å²) in [4.78, 5) is 17.9. The molecule has 0 bridgehead atoms. The van der Waals surface area contributed by atoms with E-state index in [-0.39, 0.29) is 12.5 Å². The third-order valence-electron chi connectivity index (χ3n) is 4.46. The van der Waals surface area contributed by atoms with Gasteiger partial charge in [-0.1, -0.05) is 6.92 Å². The van der Waals surface area contributed by atoms with Gasteiger partial charge in [-0.3, -0.25) is 4.79 Å². The predicted molar refractivity (Wildman–Crippen MR) is 98.5 cm³/mol. The van der Waals surface area contributed by atoms with E-state index in [0.717, 1.165) is 43.0 Å². The lowest BCUT2D eigenvalue weighted by molar-refractivity contribution is 0.0500. The molecule has 1 aromatic rings. The van der Waals surface area contributed by atoms with E-state index in [2.05, 4.69) is 32.0 Å². The summed E-state index contributed by atoms with van der Waals surface area (Å²) in [7, 11) is 4.23. The molecule has 0 aromatic carbocycles. The highest BCUT2D eigenvalue weighted by Gasteiger charge is 2.32. The highest BCUT2D eigenvalue weighted by Crippen LogP contribution is 2.30. The smallest absolute Gasteiger partial charge is 0.263 e. The molecule has 23 heavy (non-hydrogen) atoms. The number of carbonyl (C=O) groups excluding carboxylic acids is 1. The van der Waals surface area contributed by atoms with Crippen LogP contribution in [-0.4, -0.2) is 66.4 Å². The Kier molecular flexibility index (Phi) is 7.40. The van der Waals surface area contributed by atoms with Crippen LogP contribution in [0.5, 0.6) is 0 Å². The monoisotopic (exact) mass is 356 g/mol. The standard InChI is InChI=1S/C17H28N2O2S2/c1-4-22-16-8-7-15(23-16)17(21)19-10-9-14(18(2)3)13(12-19)6-5-11-20/h7-8,13-14,20H,4-6,9-12H2,1-3H3/t13-,14+/m1/s1. The first-order valence-electron chi connectivity index (χ1n) is 8.36. The summed E-state index contributed by atoms with van der Waals surface area (Å²) >= 11 is 3.40. The number of likely N-dealkylation sites (tertiary alicyclic amines) is 1. The van der Waals surface area contributed by atoms with Gasteiger partial charge < -0.3 is 14.9 Å². The molecule has 0 radical (unpaired) electrons. The van der Waals surface area contributed by atoms with Crippen molar-refractivity contribution >= 4 is 29.0 Å². The van der Waals surface area contributed by atoms with Crippen LogP contribution in [-0.2, 0) is 0 Å². The van der Waals surface area contributed by atoms with Crippen LogP contribution >= 0.6 is 23.1 Å². The molecule has 1 fully saturated rings. The van der Waals surface area contributed by atoms with E-state index in [1.807, 2.05) is 11.0 Å². The minimum Gasteiger partial charge on any atom is -0.396 e. The number of thiophene rings is 1. The lowest BCUT2D eigenvalue weighted by atomic mass is 9.87. The molecule has 0 aliphatic carbocycles. The number of carbonyl (C=O) groups is 1. The Hall–Kier alpha value is -0.560. The van der Waals surface area contributed by atoms with Crippen molar-refractivity contribution in [2.45, 2.75) is 36.4 Å². The zero-order valence-electron chi connectivity index (χ0n) is 14.3. The van der Waals surface area contributed by atoms with E-state index in [0.29, 0.717) is 12.0 Å². The van der Waals surface area contributed by atoms with Gasteiger partial charge in [0.1, 0.15) is 0 Å². The van der Waals surface area contributed by atoms with Gasteiger partial charge in [-0.05, 0) is 57.2 Å². The predicted octanol–water partition coefficient (Wildman–Crippen LogP) is 3.02. The number of rotatable bonds is 7. The SMILES string of the molecule is CCSc1ccc(C(=O)N2CC[C@H](N(C)C)[C@H](CCCO)C2)s1. The molecule has 1 aliphatic rings. The van der Waals surface area contributed by atoms with Crippen molar-refractivity contribution in [3.63, 3.8) is 0 Å². The van der Waals surface area contributed by atoms with Gasteiger partial charge in [0, 0.05) is 25.7 Å². The number of aliphatic hydroxyl groups excluding tert-OH is 1. The second-order valence-electron chi connectivity index (χ2n) is 6.25. The molecule has 1 amide bonds. The summed E-state index contributed by atoms with van der Waals surface area (Å²) < 4.78 is 1.22. The van der Waals surface area contributed by atoms with Crippen LogP contribution in [0.1, 0.15) is 35.9 Å². The van der Waals surface area contributed by atoms with E-state index in [4.69, 9.17) is 5.11 Å². The third kappa shape index (κ3) is 4.95. The quantitative estimate of drug-likeness (QED) is 0.763. The number of aliphatic hydroxyl groups is 1. The zero-order valence-corrected chi connectivity index (χ0v) is 16.0. The molecule has 1 saturated heterocycles. The number of hydrogen-bond acceptors (Lipinski definition) is 5. The highest BCUT2D eigenvalue weighted by atomic mass is 32.2. The van der Waals surface area contributed by atoms with Crippen molar-refractivity contribution in [1.82, 2.24) is 9.80 Å². The van der Waals surface area contributed by atoms with Crippen molar-refractivity contribution in [3.8, 4) is 0 Å². The lowest BCUT2D eigenvalue weighted by Gasteiger charge is -2.41. The van der Waals surface area contributed by atoms with Gasteiger partial charge >= 0.3 is 0 Å². The maximum absolute atomic E-state index is 12.8. The fraction of sp³-hybridized carbons (Fsp3) is 0.706. The molecule has 2 heterocycles. The first-order valence-corrected chi connectivity index (χ1v) is 10.2. The fourth-order valence-electron chi connectivity index (χ4n) is 3.33. The average Bonchev–Trinajstić information content (AvgIpc) is 3.00. The molecule has 4 nitrogen and oxygen atoms in total. The Morgan fingerprint density at radius 2 is 2.26 bits per heavy atom. The summed E-state index contributed by atoms with van der Waals surface area (Å²) in [6.45, 7) is 3.98. The lowest BCUT2D eigenvalue weighted by Crippen LogP contribution is -2.50. The molecular formula is C17H28N2O2S2. The van der Waals surface area contributed by atoms with Crippen molar-refractivity contribution in [2.75, 3.05) is 39.5 Å². The number of nitrogens with zero attached hydrogens (tertiary/aromatic N) is 2. The normalized spacial score (nSPS) is 21.9. The zero-order chi connectivity index (χ0) is 16.8. The van der Waals surface area contributed by atoms with E-state index in [1.165, 1.54) is 4.21 Å². The van der Waals surface area contributed by atoms with E-state index in [1.54, 1.807) is 23.1 Å². The highest BCUT2D eigenvalue weighted by molar-refractivity contribution is 8.01. The second kappa shape index (κ2) is 9.06. The molecule has 1 N–H and O–H groups in total. The molecule has 1 aromatic heterocycles. The van der Waals surface area contributed by atoms with E-state index in [9.17, 15) is 4.79 Å². The average molecular weight is 357 g/mol. The third-order valence-corrected chi connectivity index (χ3v) is 6.64.